The van der Waals surface area contributed by atoms with E-state index in [4.69, 9.17) is 15.0 Å². The lowest BCUT2D eigenvalue weighted by Crippen LogP contribution is -2.40. The molecule has 0 fully saturated rings. The molecule has 4 heteroatoms. The lowest BCUT2D eigenvalue weighted by molar-refractivity contribution is 0.564. The molecule has 0 radical (unpaired) electrons. The zero-order valence-electron chi connectivity index (χ0n) is 32.6. The van der Waals surface area contributed by atoms with Gasteiger partial charge in [-0.1, -0.05) is 172 Å². The van der Waals surface area contributed by atoms with E-state index in [-0.39, 0.29) is 5.41 Å². The van der Waals surface area contributed by atoms with Crippen LogP contribution in [0.5, 0.6) is 0 Å². The summed E-state index contributed by atoms with van der Waals surface area (Å²) >= 11 is 1.87. The maximum atomic E-state index is 5.18. The third-order valence-corrected chi connectivity index (χ3v) is 14.0. The maximum absolute atomic E-state index is 5.18. The van der Waals surface area contributed by atoms with E-state index >= 15 is 0 Å². The lowest BCUT2D eigenvalue weighted by Gasteiger charge is -2.46. The van der Waals surface area contributed by atoms with Crippen LogP contribution in [-0.2, 0) is 10.8 Å². The van der Waals surface area contributed by atoms with Crippen LogP contribution in [0.15, 0.2) is 188 Å². The molecule has 10 aromatic rings. The molecule has 0 atom stereocenters. The molecule has 0 N–H and O–H groups in total. The summed E-state index contributed by atoms with van der Waals surface area (Å²) in [5, 5.41) is 2.48. The molecule has 59 heavy (non-hydrogen) atoms. The van der Waals surface area contributed by atoms with Crippen molar-refractivity contribution in [3.8, 4) is 56.4 Å². The van der Waals surface area contributed by atoms with E-state index < -0.39 is 5.41 Å². The molecular weight excluding hydrogens is 735 g/mol. The van der Waals surface area contributed by atoms with Crippen LogP contribution in [0.25, 0.3) is 76.6 Å². The van der Waals surface area contributed by atoms with Crippen LogP contribution < -0.4 is 0 Å². The largest absolute Gasteiger partial charge is 0.208 e. The van der Waals surface area contributed by atoms with Crippen LogP contribution in [0.3, 0.4) is 0 Å². The molecule has 2 aromatic heterocycles. The van der Waals surface area contributed by atoms with Gasteiger partial charge in [-0.15, -0.1) is 11.3 Å². The van der Waals surface area contributed by atoms with E-state index in [1.54, 1.807) is 0 Å². The molecule has 2 aliphatic rings. The minimum Gasteiger partial charge on any atom is -0.208 e. The second kappa shape index (κ2) is 12.7. The third-order valence-electron chi connectivity index (χ3n) is 12.8. The highest BCUT2D eigenvalue weighted by molar-refractivity contribution is 7.25. The summed E-state index contributed by atoms with van der Waals surface area (Å²) in [5.41, 5.74) is 15.4. The first-order valence-electron chi connectivity index (χ1n) is 20.3. The van der Waals surface area contributed by atoms with Gasteiger partial charge in [0.1, 0.15) is 0 Å². The molecule has 0 bridgehead atoms. The maximum Gasteiger partial charge on any atom is 0.164 e. The van der Waals surface area contributed by atoms with E-state index in [0.29, 0.717) is 17.5 Å². The van der Waals surface area contributed by atoms with Gasteiger partial charge >= 0.3 is 0 Å². The molecule has 0 saturated heterocycles. The van der Waals surface area contributed by atoms with Crippen molar-refractivity contribution in [2.45, 2.75) is 24.7 Å². The molecular formula is C55H37N3S. The predicted molar refractivity (Wildman–Crippen MR) is 244 cm³/mol. The van der Waals surface area contributed by atoms with Gasteiger partial charge in [-0.25, -0.2) is 15.0 Å². The Morgan fingerprint density at radius 2 is 0.797 bits per heavy atom. The van der Waals surface area contributed by atoms with Crippen molar-refractivity contribution in [3.05, 3.63) is 221 Å². The molecule has 0 amide bonds. The fourth-order valence-corrected chi connectivity index (χ4v) is 11.2. The first kappa shape index (κ1) is 34.1. The summed E-state index contributed by atoms with van der Waals surface area (Å²) in [7, 11) is 0. The third kappa shape index (κ3) is 4.97. The van der Waals surface area contributed by atoms with E-state index in [1.807, 2.05) is 35.6 Å². The standard InChI is InChI=1S/C55H37N3S/c1-54(2)45-23-13-14-24-46(45)55(43-21-11-9-19-39(43)40-20-10-12-22-44(40)55)48-32-42-41-31-38(29-30-49(41)59-50(42)33-47(48)54)53-57-51(36-17-7-4-8-18-36)56-52(58-53)37-27-25-35(26-28-37)34-15-5-3-6-16-34/h3-33H,1-2H3. The molecule has 0 saturated carbocycles. The van der Waals surface area contributed by atoms with Gasteiger partial charge in [0.05, 0.1) is 5.41 Å². The van der Waals surface area contributed by atoms with Gasteiger partial charge in [-0.2, -0.15) is 0 Å². The van der Waals surface area contributed by atoms with Gasteiger partial charge < -0.3 is 0 Å². The number of thiophene rings is 1. The Balaban J connectivity index is 1.07. The Labute approximate surface area is 347 Å². The van der Waals surface area contributed by atoms with Gasteiger partial charge in [0.2, 0.25) is 0 Å². The number of aromatic nitrogens is 3. The molecule has 0 unspecified atom stereocenters. The number of nitrogens with zero attached hydrogens (tertiary/aromatic N) is 3. The predicted octanol–water partition coefficient (Wildman–Crippen LogP) is 13.9. The van der Waals surface area contributed by atoms with E-state index in [1.165, 1.54) is 70.2 Å². The Hall–Kier alpha value is -7.01. The fraction of sp³-hybridized carbons (Fsp3) is 0.0727. The van der Waals surface area contributed by atoms with Gasteiger partial charge in [0.15, 0.2) is 17.5 Å². The van der Waals surface area contributed by atoms with Crippen LogP contribution in [-0.4, -0.2) is 15.0 Å². The van der Waals surface area contributed by atoms with Crippen molar-refractivity contribution < 1.29 is 0 Å². The zero-order valence-corrected chi connectivity index (χ0v) is 33.5. The molecule has 8 aromatic carbocycles. The van der Waals surface area contributed by atoms with Crippen molar-refractivity contribution in [2.75, 3.05) is 0 Å². The van der Waals surface area contributed by atoms with Crippen LogP contribution >= 0.6 is 11.3 Å². The van der Waals surface area contributed by atoms with Crippen molar-refractivity contribution in [1.29, 1.82) is 0 Å². The summed E-state index contributed by atoms with van der Waals surface area (Å²) in [5.74, 6) is 1.97. The van der Waals surface area contributed by atoms with Crippen molar-refractivity contribution >= 4 is 31.5 Å². The summed E-state index contributed by atoms with van der Waals surface area (Å²) in [6.45, 7) is 4.80. The Bertz CT molecular complexity index is 3240. The van der Waals surface area contributed by atoms with E-state index in [9.17, 15) is 0 Å². The number of hydrogen-bond donors (Lipinski definition) is 0. The molecule has 278 valence electrons. The molecule has 2 aliphatic carbocycles. The molecule has 0 aliphatic heterocycles. The van der Waals surface area contributed by atoms with E-state index in [2.05, 4.69) is 178 Å². The summed E-state index contributed by atoms with van der Waals surface area (Å²) in [4.78, 5) is 15.4. The first-order valence-corrected chi connectivity index (χ1v) is 21.1. The quantitative estimate of drug-likeness (QED) is 0.179. The highest BCUT2D eigenvalue weighted by atomic mass is 32.1. The monoisotopic (exact) mass is 771 g/mol. The fourth-order valence-electron chi connectivity index (χ4n) is 10.0. The normalized spacial score (nSPS) is 14.2. The average molecular weight is 772 g/mol. The van der Waals surface area contributed by atoms with Crippen LogP contribution in [0.1, 0.15) is 47.2 Å². The minimum atomic E-state index is -0.446. The first-order chi connectivity index (χ1) is 29.0. The Morgan fingerprint density at radius 3 is 1.44 bits per heavy atom. The second-order valence-corrected chi connectivity index (χ2v) is 17.4. The summed E-state index contributed by atoms with van der Waals surface area (Å²) in [6.07, 6.45) is 0. The van der Waals surface area contributed by atoms with Gasteiger partial charge in [0.25, 0.3) is 0 Å². The van der Waals surface area contributed by atoms with Crippen molar-refractivity contribution in [2.24, 2.45) is 0 Å². The second-order valence-electron chi connectivity index (χ2n) is 16.3. The summed E-state index contributed by atoms with van der Waals surface area (Å²) in [6, 6.07) is 68.3. The lowest BCUT2D eigenvalue weighted by atomic mass is 9.55. The van der Waals surface area contributed by atoms with Crippen LogP contribution in [0.4, 0.5) is 0 Å². The van der Waals surface area contributed by atoms with Gasteiger partial charge in [-0.05, 0) is 86.0 Å². The molecule has 12 rings (SSSR count). The number of rotatable bonds is 4. The number of hydrogen-bond acceptors (Lipinski definition) is 4. The number of fused-ring (bicyclic) bond motifs is 12. The van der Waals surface area contributed by atoms with Crippen molar-refractivity contribution in [1.82, 2.24) is 15.0 Å². The number of benzene rings is 8. The highest BCUT2D eigenvalue weighted by Crippen LogP contribution is 2.62. The Morgan fingerprint density at radius 1 is 0.339 bits per heavy atom. The smallest absolute Gasteiger partial charge is 0.164 e. The van der Waals surface area contributed by atoms with Gasteiger partial charge in [-0.3, -0.25) is 0 Å². The highest BCUT2D eigenvalue weighted by Gasteiger charge is 2.53. The molecule has 2 heterocycles. The van der Waals surface area contributed by atoms with Crippen LogP contribution in [0, 0.1) is 0 Å². The molecule has 3 nitrogen and oxygen atoms in total. The SMILES string of the molecule is CC1(C)c2ccccc2C2(c3ccccc3-c3ccccc32)c2cc3c(cc21)sc1ccc(-c2nc(-c4ccccc4)nc(-c4ccc(-c5ccccc5)cc4)n2)cc13. The van der Waals surface area contributed by atoms with Crippen LogP contribution in [0.2, 0.25) is 0 Å². The topological polar surface area (TPSA) is 38.7 Å². The van der Waals surface area contributed by atoms with E-state index in [0.717, 1.165) is 22.3 Å². The Kier molecular flexibility index (Phi) is 7.36. The van der Waals surface area contributed by atoms with Crippen molar-refractivity contribution in [3.63, 3.8) is 0 Å². The van der Waals surface area contributed by atoms with Gasteiger partial charge in [0, 0.05) is 42.3 Å². The average Bonchev–Trinajstić information content (AvgIpc) is 3.81. The summed E-state index contributed by atoms with van der Waals surface area (Å²) < 4.78 is 2.54. The molecule has 1 spiro atoms. The minimum absolute atomic E-state index is 0.201. The zero-order chi connectivity index (χ0) is 39.3.